The Morgan fingerprint density at radius 3 is 2.25 bits per heavy atom. The lowest BCUT2D eigenvalue weighted by atomic mass is 9.83. The first kappa shape index (κ1) is 13.1. The van der Waals surface area contributed by atoms with Gasteiger partial charge < -0.3 is 21.7 Å². The van der Waals surface area contributed by atoms with Crippen LogP contribution in [-0.4, -0.2) is 28.4 Å². The van der Waals surface area contributed by atoms with Crippen molar-refractivity contribution in [2.24, 2.45) is 11.5 Å². The van der Waals surface area contributed by atoms with Gasteiger partial charge in [-0.25, -0.2) is 0 Å². The van der Waals surface area contributed by atoms with Gasteiger partial charge in [0.05, 0.1) is 24.6 Å². The third-order valence-corrected chi connectivity index (χ3v) is 2.78. The second kappa shape index (κ2) is 5.36. The van der Waals surface area contributed by atoms with Crippen LogP contribution in [0.3, 0.4) is 0 Å². The predicted octanol–water partition coefficient (Wildman–Crippen LogP) is -0.759. The molecule has 0 amide bonds. The van der Waals surface area contributed by atoms with E-state index >= 15 is 0 Å². The van der Waals surface area contributed by atoms with Crippen molar-refractivity contribution in [2.75, 3.05) is 13.2 Å². The van der Waals surface area contributed by atoms with Gasteiger partial charge in [-0.1, -0.05) is 13.0 Å². The van der Waals surface area contributed by atoms with E-state index in [4.69, 9.17) is 11.5 Å². The molecule has 1 heterocycles. The summed E-state index contributed by atoms with van der Waals surface area (Å²) in [5, 5.41) is 18.7. The highest BCUT2D eigenvalue weighted by molar-refractivity contribution is 5.31. The van der Waals surface area contributed by atoms with E-state index in [0.29, 0.717) is 12.2 Å². The van der Waals surface area contributed by atoms with Crippen molar-refractivity contribution in [1.29, 1.82) is 0 Å². The molecule has 90 valence electrons. The van der Waals surface area contributed by atoms with Gasteiger partial charge >= 0.3 is 0 Å². The maximum absolute atomic E-state index is 9.33. The zero-order valence-electron chi connectivity index (χ0n) is 9.48. The molecule has 16 heavy (non-hydrogen) atoms. The third-order valence-electron chi connectivity index (χ3n) is 2.78. The first-order valence-electron chi connectivity index (χ1n) is 5.22. The van der Waals surface area contributed by atoms with E-state index in [1.54, 1.807) is 13.0 Å². The monoisotopic (exact) mass is 225 g/mol. The minimum absolute atomic E-state index is 0.153. The minimum Gasteiger partial charge on any atom is -0.395 e. The van der Waals surface area contributed by atoms with Crippen molar-refractivity contribution in [1.82, 2.24) is 4.98 Å². The zero-order chi connectivity index (χ0) is 12.2. The fourth-order valence-electron chi connectivity index (χ4n) is 1.59. The van der Waals surface area contributed by atoms with Crippen LogP contribution in [0.2, 0.25) is 0 Å². The smallest absolute Gasteiger partial charge is 0.0582 e. The van der Waals surface area contributed by atoms with Crippen molar-refractivity contribution in [2.45, 2.75) is 25.4 Å². The van der Waals surface area contributed by atoms with E-state index in [-0.39, 0.29) is 19.8 Å². The van der Waals surface area contributed by atoms with Gasteiger partial charge in [0.2, 0.25) is 0 Å². The average Bonchev–Trinajstić information content (AvgIpc) is 2.37. The summed E-state index contributed by atoms with van der Waals surface area (Å²) in [6.45, 7) is 2.08. The van der Waals surface area contributed by atoms with Crippen LogP contribution < -0.4 is 11.5 Å². The lowest BCUT2D eigenvalue weighted by Crippen LogP contribution is -2.33. The molecule has 0 aromatic carbocycles. The van der Waals surface area contributed by atoms with Crippen molar-refractivity contribution in [3.63, 3.8) is 0 Å². The second-order valence-electron chi connectivity index (χ2n) is 4.08. The van der Waals surface area contributed by atoms with Gasteiger partial charge in [-0.2, -0.15) is 0 Å². The van der Waals surface area contributed by atoms with E-state index in [0.717, 1.165) is 11.3 Å². The van der Waals surface area contributed by atoms with Crippen molar-refractivity contribution in [3.05, 3.63) is 29.1 Å². The van der Waals surface area contributed by atoms with E-state index < -0.39 is 5.41 Å². The normalized spacial score (nSPS) is 11.8. The van der Waals surface area contributed by atoms with Crippen molar-refractivity contribution >= 4 is 0 Å². The molecule has 0 spiro atoms. The maximum Gasteiger partial charge on any atom is 0.0582 e. The summed E-state index contributed by atoms with van der Waals surface area (Å²) in [7, 11) is 0. The van der Waals surface area contributed by atoms with Crippen LogP contribution in [-0.2, 0) is 18.5 Å². The molecule has 1 aromatic rings. The van der Waals surface area contributed by atoms with E-state index in [2.05, 4.69) is 4.98 Å². The summed E-state index contributed by atoms with van der Waals surface area (Å²) < 4.78 is 0. The molecule has 0 saturated carbocycles. The Bertz CT molecular complexity index is 351. The summed E-state index contributed by atoms with van der Waals surface area (Å²) in [4.78, 5) is 4.30. The van der Waals surface area contributed by atoms with Gasteiger partial charge in [0, 0.05) is 18.5 Å². The number of hydrogen-bond donors (Lipinski definition) is 4. The van der Waals surface area contributed by atoms with Crippen LogP contribution >= 0.6 is 0 Å². The molecule has 0 aliphatic rings. The van der Waals surface area contributed by atoms with Gasteiger partial charge in [-0.15, -0.1) is 0 Å². The molecule has 1 rings (SSSR count). The number of nitrogens with zero attached hydrogens (tertiary/aromatic N) is 1. The third kappa shape index (κ3) is 2.38. The summed E-state index contributed by atoms with van der Waals surface area (Å²) >= 11 is 0. The Hall–Kier alpha value is -1.01. The van der Waals surface area contributed by atoms with E-state index in [9.17, 15) is 10.2 Å². The average molecular weight is 225 g/mol. The summed E-state index contributed by atoms with van der Waals surface area (Å²) in [6, 6.07) is 3.61. The van der Waals surface area contributed by atoms with Crippen LogP contribution in [0, 0.1) is 0 Å². The summed E-state index contributed by atoms with van der Waals surface area (Å²) in [5.41, 5.74) is 12.6. The quantitative estimate of drug-likeness (QED) is 0.527. The molecule has 6 N–H and O–H groups in total. The first-order chi connectivity index (χ1) is 7.61. The van der Waals surface area contributed by atoms with Crippen LogP contribution in [0.1, 0.15) is 23.9 Å². The molecule has 5 heteroatoms. The molecule has 0 saturated heterocycles. The zero-order valence-corrected chi connectivity index (χ0v) is 9.48. The Kier molecular flexibility index (Phi) is 4.37. The van der Waals surface area contributed by atoms with Crippen molar-refractivity contribution < 1.29 is 10.2 Å². The largest absolute Gasteiger partial charge is 0.395 e. The molecule has 0 bridgehead atoms. The minimum atomic E-state index is -0.713. The van der Waals surface area contributed by atoms with E-state index in [1.807, 2.05) is 6.07 Å². The predicted molar refractivity (Wildman–Crippen MR) is 61.5 cm³/mol. The highest BCUT2D eigenvalue weighted by Crippen LogP contribution is 2.25. The van der Waals surface area contributed by atoms with Crippen LogP contribution in [0.4, 0.5) is 0 Å². The SMILES string of the molecule is CC(CO)(CO)c1ccc(CN)nc1CN. The number of aromatic nitrogens is 1. The first-order valence-corrected chi connectivity index (χ1v) is 5.22. The Balaban J connectivity index is 3.22. The lowest BCUT2D eigenvalue weighted by molar-refractivity contribution is 0.128. The lowest BCUT2D eigenvalue weighted by Gasteiger charge is -2.27. The Labute approximate surface area is 95.1 Å². The van der Waals surface area contributed by atoms with Crippen molar-refractivity contribution in [3.8, 4) is 0 Å². The number of nitrogens with two attached hydrogens (primary N) is 2. The van der Waals surface area contributed by atoms with E-state index in [1.165, 1.54) is 0 Å². The molecule has 5 nitrogen and oxygen atoms in total. The number of aliphatic hydroxyl groups is 2. The Morgan fingerprint density at radius 2 is 1.81 bits per heavy atom. The molecule has 0 aliphatic heterocycles. The fourth-order valence-corrected chi connectivity index (χ4v) is 1.59. The number of hydrogen-bond acceptors (Lipinski definition) is 5. The fraction of sp³-hybridized carbons (Fsp3) is 0.545. The number of rotatable bonds is 5. The maximum atomic E-state index is 9.33. The molecule has 0 aliphatic carbocycles. The number of pyridine rings is 1. The second-order valence-corrected chi connectivity index (χ2v) is 4.08. The standard InChI is InChI=1S/C11H19N3O2/c1-11(6-15,7-16)9-3-2-8(4-12)14-10(9)5-13/h2-3,15-16H,4-7,12-13H2,1H3. The molecule has 0 atom stereocenters. The van der Waals surface area contributed by atoms with Gasteiger partial charge in [-0.3, -0.25) is 4.98 Å². The molecular weight excluding hydrogens is 206 g/mol. The molecule has 0 radical (unpaired) electrons. The number of aliphatic hydroxyl groups excluding tert-OH is 2. The van der Waals surface area contributed by atoms with Crippen LogP contribution in [0.5, 0.6) is 0 Å². The van der Waals surface area contributed by atoms with Gasteiger partial charge in [0.15, 0.2) is 0 Å². The Morgan fingerprint density at radius 1 is 1.19 bits per heavy atom. The van der Waals surface area contributed by atoms with Crippen LogP contribution in [0.15, 0.2) is 12.1 Å². The molecule has 0 fully saturated rings. The van der Waals surface area contributed by atoms with Gasteiger partial charge in [0.25, 0.3) is 0 Å². The summed E-state index contributed by atoms with van der Waals surface area (Å²) in [5.74, 6) is 0. The molecule has 0 unspecified atom stereocenters. The molecular formula is C11H19N3O2. The topological polar surface area (TPSA) is 105 Å². The summed E-state index contributed by atoms with van der Waals surface area (Å²) in [6.07, 6.45) is 0. The van der Waals surface area contributed by atoms with Gasteiger partial charge in [-0.05, 0) is 11.6 Å². The molecule has 1 aromatic heterocycles. The van der Waals surface area contributed by atoms with Crippen LogP contribution in [0.25, 0.3) is 0 Å². The van der Waals surface area contributed by atoms with Gasteiger partial charge in [0.1, 0.15) is 0 Å². The highest BCUT2D eigenvalue weighted by Gasteiger charge is 2.28. The highest BCUT2D eigenvalue weighted by atomic mass is 16.3.